The van der Waals surface area contributed by atoms with Gasteiger partial charge in [-0.25, -0.2) is 0 Å². The maximum absolute atomic E-state index is 5.40. The molecule has 1 aromatic heterocycles. The minimum absolute atomic E-state index is 0.513. The van der Waals surface area contributed by atoms with Crippen LogP contribution in [0.4, 0.5) is 0 Å². The normalized spacial score (nSPS) is 22.5. The first kappa shape index (κ1) is 9.68. The van der Waals surface area contributed by atoms with Gasteiger partial charge in [0.2, 0.25) is 0 Å². The SMILES string of the molecule is Cn1nccc1CN[C@@H]1CCCOC1. The highest BCUT2D eigenvalue weighted by Crippen LogP contribution is 2.06. The summed E-state index contributed by atoms with van der Waals surface area (Å²) in [5, 5.41) is 7.60. The molecule has 0 spiro atoms. The van der Waals surface area contributed by atoms with Crippen molar-refractivity contribution in [1.29, 1.82) is 0 Å². The van der Waals surface area contributed by atoms with Crippen LogP contribution in [0.1, 0.15) is 18.5 Å². The molecular weight excluding hydrogens is 178 g/mol. The van der Waals surface area contributed by atoms with E-state index in [-0.39, 0.29) is 0 Å². The minimum atomic E-state index is 0.513. The van der Waals surface area contributed by atoms with E-state index in [0.29, 0.717) is 6.04 Å². The number of aromatic nitrogens is 2. The quantitative estimate of drug-likeness (QED) is 0.771. The van der Waals surface area contributed by atoms with E-state index in [0.717, 1.165) is 19.8 Å². The summed E-state index contributed by atoms with van der Waals surface area (Å²) in [4.78, 5) is 0. The molecule has 1 atom stereocenters. The van der Waals surface area contributed by atoms with Gasteiger partial charge in [-0.05, 0) is 18.9 Å². The second-order valence-corrected chi connectivity index (χ2v) is 3.74. The number of hydrogen-bond acceptors (Lipinski definition) is 3. The summed E-state index contributed by atoms with van der Waals surface area (Å²) in [6.45, 7) is 2.65. The molecule has 4 nitrogen and oxygen atoms in total. The molecule has 0 amide bonds. The van der Waals surface area contributed by atoms with Gasteiger partial charge >= 0.3 is 0 Å². The van der Waals surface area contributed by atoms with Crippen LogP contribution in [0.25, 0.3) is 0 Å². The Morgan fingerprint density at radius 1 is 1.71 bits per heavy atom. The maximum atomic E-state index is 5.40. The summed E-state index contributed by atoms with van der Waals surface area (Å²) in [5.74, 6) is 0. The lowest BCUT2D eigenvalue weighted by atomic mass is 10.1. The molecule has 0 bridgehead atoms. The van der Waals surface area contributed by atoms with Gasteiger partial charge in [-0.1, -0.05) is 0 Å². The second kappa shape index (κ2) is 4.57. The molecule has 1 fully saturated rings. The van der Waals surface area contributed by atoms with E-state index in [1.807, 2.05) is 24.0 Å². The van der Waals surface area contributed by atoms with E-state index >= 15 is 0 Å². The monoisotopic (exact) mass is 195 g/mol. The number of hydrogen-bond donors (Lipinski definition) is 1. The molecule has 0 aliphatic carbocycles. The van der Waals surface area contributed by atoms with Gasteiger partial charge in [0.15, 0.2) is 0 Å². The van der Waals surface area contributed by atoms with Gasteiger partial charge in [0.05, 0.1) is 12.3 Å². The summed E-state index contributed by atoms with van der Waals surface area (Å²) >= 11 is 0. The fraction of sp³-hybridized carbons (Fsp3) is 0.700. The van der Waals surface area contributed by atoms with E-state index in [1.54, 1.807) is 0 Å². The molecule has 1 aromatic rings. The van der Waals surface area contributed by atoms with Crippen molar-refractivity contribution in [3.63, 3.8) is 0 Å². The predicted molar refractivity (Wildman–Crippen MR) is 53.9 cm³/mol. The van der Waals surface area contributed by atoms with Crippen molar-refractivity contribution in [1.82, 2.24) is 15.1 Å². The molecule has 0 radical (unpaired) electrons. The Kier molecular flexibility index (Phi) is 3.16. The van der Waals surface area contributed by atoms with Crippen molar-refractivity contribution in [2.75, 3.05) is 13.2 Å². The standard InChI is InChI=1S/C10H17N3O/c1-13-10(4-5-12-13)7-11-9-3-2-6-14-8-9/h4-5,9,11H,2-3,6-8H2,1H3/t9-/m1/s1. The molecule has 1 saturated heterocycles. The number of nitrogens with one attached hydrogen (secondary N) is 1. The fourth-order valence-corrected chi connectivity index (χ4v) is 1.73. The van der Waals surface area contributed by atoms with Gasteiger partial charge < -0.3 is 10.1 Å². The smallest absolute Gasteiger partial charge is 0.0619 e. The second-order valence-electron chi connectivity index (χ2n) is 3.74. The molecule has 4 heteroatoms. The van der Waals surface area contributed by atoms with Crippen molar-refractivity contribution in [3.05, 3.63) is 18.0 Å². The Bertz CT molecular complexity index is 279. The number of nitrogens with zero attached hydrogens (tertiary/aromatic N) is 2. The molecule has 0 saturated carbocycles. The van der Waals surface area contributed by atoms with Crippen LogP contribution >= 0.6 is 0 Å². The Labute approximate surface area is 84.3 Å². The summed E-state index contributed by atoms with van der Waals surface area (Å²) in [5.41, 5.74) is 1.22. The Balaban J connectivity index is 1.79. The maximum Gasteiger partial charge on any atom is 0.0619 e. The molecule has 2 heterocycles. The third kappa shape index (κ3) is 2.33. The largest absolute Gasteiger partial charge is 0.380 e. The van der Waals surface area contributed by atoms with E-state index in [2.05, 4.69) is 10.4 Å². The van der Waals surface area contributed by atoms with E-state index in [9.17, 15) is 0 Å². The lowest BCUT2D eigenvalue weighted by Gasteiger charge is -2.23. The third-order valence-electron chi connectivity index (χ3n) is 2.65. The van der Waals surface area contributed by atoms with Gasteiger partial charge in [-0.3, -0.25) is 4.68 Å². The first-order chi connectivity index (χ1) is 6.86. The Hall–Kier alpha value is -0.870. The predicted octanol–water partition coefficient (Wildman–Crippen LogP) is 0.689. The Morgan fingerprint density at radius 3 is 3.29 bits per heavy atom. The van der Waals surface area contributed by atoms with Crippen molar-refractivity contribution >= 4 is 0 Å². The van der Waals surface area contributed by atoms with E-state index < -0.39 is 0 Å². The highest BCUT2D eigenvalue weighted by Gasteiger charge is 2.13. The lowest BCUT2D eigenvalue weighted by molar-refractivity contribution is 0.0697. The van der Waals surface area contributed by atoms with Gasteiger partial charge in [-0.15, -0.1) is 0 Å². The molecule has 1 aliphatic heterocycles. The summed E-state index contributed by atoms with van der Waals surface area (Å²) < 4.78 is 7.30. The van der Waals surface area contributed by atoms with Crippen LogP contribution in [-0.2, 0) is 18.3 Å². The number of ether oxygens (including phenoxy) is 1. The highest BCUT2D eigenvalue weighted by atomic mass is 16.5. The average Bonchev–Trinajstić information content (AvgIpc) is 2.63. The van der Waals surface area contributed by atoms with Crippen LogP contribution in [0, 0.1) is 0 Å². The average molecular weight is 195 g/mol. The molecule has 1 aliphatic rings. The van der Waals surface area contributed by atoms with Crippen molar-refractivity contribution in [2.24, 2.45) is 7.05 Å². The van der Waals surface area contributed by atoms with Crippen LogP contribution in [0.15, 0.2) is 12.3 Å². The third-order valence-corrected chi connectivity index (χ3v) is 2.65. The van der Waals surface area contributed by atoms with Crippen LogP contribution in [0.5, 0.6) is 0 Å². The number of rotatable bonds is 3. The van der Waals surface area contributed by atoms with Gasteiger partial charge in [0.1, 0.15) is 0 Å². The van der Waals surface area contributed by atoms with Crippen molar-refractivity contribution in [3.8, 4) is 0 Å². The van der Waals surface area contributed by atoms with Crippen molar-refractivity contribution < 1.29 is 4.74 Å². The van der Waals surface area contributed by atoms with Crippen LogP contribution in [0.3, 0.4) is 0 Å². The molecule has 14 heavy (non-hydrogen) atoms. The first-order valence-electron chi connectivity index (χ1n) is 5.14. The molecule has 2 rings (SSSR count). The van der Waals surface area contributed by atoms with E-state index in [4.69, 9.17) is 4.74 Å². The van der Waals surface area contributed by atoms with Crippen LogP contribution in [0.2, 0.25) is 0 Å². The molecule has 1 N–H and O–H groups in total. The topological polar surface area (TPSA) is 39.1 Å². The highest BCUT2D eigenvalue weighted by molar-refractivity contribution is 4.99. The molecule has 0 unspecified atom stereocenters. The zero-order valence-corrected chi connectivity index (χ0v) is 8.57. The molecule has 0 aromatic carbocycles. The van der Waals surface area contributed by atoms with Crippen LogP contribution < -0.4 is 5.32 Å². The van der Waals surface area contributed by atoms with Gasteiger partial charge in [-0.2, -0.15) is 5.10 Å². The molecule has 78 valence electrons. The molecular formula is C10H17N3O. The van der Waals surface area contributed by atoms with Gasteiger partial charge in [0.25, 0.3) is 0 Å². The Morgan fingerprint density at radius 2 is 2.64 bits per heavy atom. The summed E-state index contributed by atoms with van der Waals surface area (Å²) in [7, 11) is 1.97. The van der Waals surface area contributed by atoms with Crippen LogP contribution in [-0.4, -0.2) is 29.0 Å². The fourth-order valence-electron chi connectivity index (χ4n) is 1.73. The summed E-state index contributed by atoms with van der Waals surface area (Å²) in [6.07, 6.45) is 4.22. The first-order valence-corrected chi connectivity index (χ1v) is 5.14. The minimum Gasteiger partial charge on any atom is -0.380 e. The zero-order valence-electron chi connectivity index (χ0n) is 8.57. The summed E-state index contributed by atoms with van der Waals surface area (Å²) in [6, 6.07) is 2.55. The lowest BCUT2D eigenvalue weighted by Crippen LogP contribution is -2.36. The zero-order chi connectivity index (χ0) is 9.80. The van der Waals surface area contributed by atoms with E-state index in [1.165, 1.54) is 18.5 Å². The van der Waals surface area contributed by atoms with Gasteiger partial charge in [0, 0.05) is 32.4 Å². The van der Waals surface area contributed by atoms with Crippen molar-refractivity contribution in [2.45, 2.75) is 25.4 Å². The number of aryl methyl sites for hydroxylation is 1.